The molecule has 0 atom stereocenters. The van der Waals surface area contributed by atoms with Gasteiger partial charge in [0.15, 0.2) is 0 Å². The van der Waals surface area contributed by atoms with E-state index < -0.39 is 0 Å². The van der Waals surface area contributed by atoms with Crippen molar-refractivity contribution in [2.75, 3.05) is 26.7 Å². The van der Waals surface area contributed by atoms with E-state index in [-0.39, 0.29) is 12.5 Å². The third kappa shape index (κ3) is 4.27. The Morgan fingerprint density at radius 2 is 1.96 bits per heavy atom. The van der Waals surface area contributed by atoms with Gasteiger partial charge in [0.2, 0.25) is 0 Å². The SMILES string of the molecule is CCOC(=O)CNCc1ccc(-c2ccccc2)c2c1CN(C)CC2. The lowest BCUT2D eigenvalue weighted by Crippen LogP contribution is -2.30. The first-order valence-electron chi connectivity index (χ1n) is 8.93. The molecule has 2 aromatic rings. The number of hydrogen-bond donors (Lipinski definition) is 1. The van der Waals surface area contributed by atoms with Crippen LogP contribution in [-0.2, 0) is 29.0 Å². The molecule has 132 valence electrons. The van der Waals surface area contributed by atoms with Gasteiger partial charge in [0.1, 0.15) is 0 Å². The van der Waals surface area contributed by atoms with Crippen molar-refractivity contribution in [2.24, 2.45) is 0 Å². The first kappa shape index (κ1) is 17.6. The van der Waals surface area contributed by atoms with Crippen molar-refractivity contribution in [1.82, 2.24) is 10.2 Å². The van der Waals surface area contributed by atoms with Gasteiger partial charge in [-0.25, -0.2) is 0 Å². The lowest BCUT2D eigenvalue weighted by Gasteiger charge is -2.29. The fourth-order valence-corrected chi connectivity index (χ4v) is 3.44. The largest absolute Gasteiger partial charge is 0.465 e. The highest BCUT2D eigenvalue weighted by Gasteiger charge is 2.20. The standard InChI is InChI=1S/C21H26N2O2/c1-3-25-21(24)14-22-13-17-9-10-18(16-7-5-4-6-8-16)19-11-12-23(2)15-20(17)19/h4-10,22H,3,11-15H2,1-2H3. The molecule has 0 spiro atoms. The Morgan fingerprint density at radius 1 is 1.16 bits per heavy atom. The van der Waals surface area contributed by atoms with Gasteiger partial charge in [-0.3, -0.25) is 4.79 Å². The normalized spacial score (nSPS) is 14.2. The average Bonchev–Trinajstić information content (AvgIpc) is 2.63. The van der Waals surface area contributed by atoms with Crippen LogP contribution in [0.25, 0.3) is 11.1 Å². The van der Waals surface area contributed by atoms with Crippen LogP contribution in [0.3, 0.4) is 0 Å². The smallest absolute Gasteiger partial charge is 0.319 e. The summed E-state index contributed by atoms with van der Waals surface area (Å²) in [6, 6.07) is 15.0. The second-order valence-electron chi connectivity index (χ2n) is 6.49. The molecule has 4 nitrogen and oxygen atoms in total. The molecule has 0 saturated heterocycles. The lowest BCUT2D eigenvalue weighted by molar-refractivity contribution is -0.142. The van der Waals surface area contributed by atoms with Crippen molar-refractivity contribution in [2.45, 2.75) is 26.4 Å². The van der Waals surface area contributed by atoms with Crippen LogP contribution in [0.2, 0.25) is 0 Å². The van der Waals surface area contributed by atoms with Gasteiger partial charge in [-0.1, -0.05) is 42.5 Å². The zero-order chi connectivity index (χ0) is 17.6. The number of hydrogen-bond acceptors (Lipinski definition) is 4. The number of ether oxygens (including phenoxy) is 1. The first-order valence-corrected chi connectivity index (χ1v) is 8.93. The van der Waals surface area contributed by atoms with E-state index in [9.17, 15) is 4.79 Å². The minimum Gasteiger partial charge on any atom is -0.465 e. The lowest BCUT2D eigenvalue weighted by atomic mass is 9.87. The molecule has 1 aliphatic rings. The number of likely N-dealkylation sites (N-methyl/N-ethyl adjacent to an activating group) is 1. The summed E-state index contributed by atoms with van der Waals surface area (Å²) < 4.78 is 4.98. The molecule has 0 amide bonds. The third-order valence-corrected chi connectivity index (χ3v) is 4.67. The summed E-state index contributed by atoms with van der Waals surface area (Å²) in [4.78, 5) is 13.9. The maximum atomic E-state index is 11.5. The molecule has 4 heteroatoms. The van der Waals surface area contributed by atoms with Gasteiger partial charge in [0, 0.05) is 19.6 Å². The number of nitrogens with zero attached hydrogens (tertiary/aromatic N) is 1. The molecular weight excluding hydrogens is 312 g/mol. The van der Waals surface area contributed by atoms with Crippen LogP contribution < -0.4 is 5.32 Å². The van der Waals surface area contributed by atoms with Gasteiger partial charge in [-0.05, 0) is 48.2 Å². The van der Waals surface area contributed by atoms with Crippen LogP contribution in [0.15, 0.2) is 42.5 Å². The van der Waals surface area contributed by atoms with Crippen molar-refractivity contribution in [3.63, 3.8) is 0 Å². The summed E-state index contributed by atoms with van der Waals surface area (Å²) in [6.45, 7) is 5.21. The number of rotatable bonds is 6. The Balaban J connectivity index is 1.84. The van der Waals surface area contributed by atoms with Crippen LogP contribution in [0.4, 0.5) is 0 Å². The highest BCUT2D eigenvalue weighted by molar-refractivity contribution is 5.72. The molecule has 2 aromatic carbocycles. The number of esters is 1. The van der Waals surface area contributed by atoms with Crippen LogP contribution in [0.1, 0.15) is 23.6 Å². The van der Waals surface area contributed by atoms with Crippen molar-refractivity contribution < 1.29 is 9.53 Å². The summed E-state index contributed by atoms with van der Waals surface area (Å²) >= 11 is 0. The van der Waals surface area contributed by atoms with E-state index in [0.29, 0.717) is 13.2 Å². The monoisotopic (exact) mass is 338 g/mol. The van der Waals surface area contributed by atoms with Crippen molar-refractivity contribution in [3.8, 4) is 11.1 Å². The van der Waals surface area contributed by atoms with E-state index in [1.165, 1.54) is 27.8 Å². The second kappa shape index (κ2) is 8.28. The van der Waals surface area contributed by atoms with Gasteiger partial charge < -0.3 is 15.0 Å². The van der Waals surface area contributed by atoms with Gasteiger partial charge in [-0.2, -0.15) is 0 Å². The fourth-order valence-electron chi connectivity index (χ4n) is 3.44. The zero-order valence-corrected chi connectivity index (χ0v) is 15.0. The van der Waals surface area contributed by atoms with E-state index in [4.69, 9.17) is 4.74 Å². The first-order chi connectivity index (χ1) is 12.2. The molecule has 0 bridgehead atoms. The molecule has 3 rings (SSSR count). The van der Waals surface area contributed by atoms with Gasteiger partial charge >= 0.3 is 5.97 Å². The number of nitrogens with one attached hydrogen (secondary N) is 1. The number of carbonyl (C=O) groups excluding carboxylic acids is 1. The zero-order valence-electron chi connectivity index (χ0n) is 15.0. The van der Waals surface area contributed by atoms with Crippen LogP contribution in [0, 0.1) is 0 Å². The van der Waals surface area contributed by atoms with Crippen LogP contribution in [-0.4, -0.2) is 37.6 Å². The quantitative estimate of drug-likeness (QED) is 0.822. The fraction of sp³-hybridized carbons (Fsp3) is 0.381. The van der Waals surface area contributed by atoms with E-state index in [0.717, 1.165) is 19.5 Å². The molecule has 0 radical (unpaired) electrons. The topological polar surface area (TPSA) is 41.6 Å². The van der Waals surface area contributed by atoms with Crippen molar-refractivity contribution >= 4 is 5.97 Å². The molecule has 0 unspecified atom stereocenters. The van der Waals surface area contributed by atoms with E-state index in [1.54, 1.807) is 0 Å². The summed E-state index contributed by atoms with van der Waals surface area (Å²) in [5.41, 5.74) is 6.71. The molecule has 1 heterocycles. The Kier molecular flexibility index (Phi) is 5.84. The Hall–Kier alpha value is -2.17. The highest BCUT2D eigenvalue weighted by Crippen LogP contribution is 2.32. The average molecular weight is 338 g/mol. The molecule has 0 fully saturated rings. The summed E-state index contributed by atoms with van der Waals surface area (Å²) in [5.74, 6) is -0.200. The molecule has 0 saturated carbocycles. The predicted molar refractivity (Wildman–Crippen MR) is 100 cm³/mol. The summed E-state index contributed by atoms with van der Waals surface area (Å²) in [7, 11) is 2.16. The Bertz CT molecular complexity index is 728. The number of carbonyl (C=O) groups is 1. The van der Waals surface area contributed by atoms with Crippen LogP contribution in [0.5, 0.6) is 0 Å². The molecule has 25 heavy (non-hydrogen) atoms. The maximum Gasteiger partial charge on any atom is 0.319 e. The summed E-state index contributed by atoms with van der Waals surface area (Å²) in [5, 5.41) is 3.22. The summed E-state index contributed by atoms with van der Waals surface area (Å²) in [6.07, 6.45) is 1.06. The van der Waals surface area contributed by atoms with E-state index in [2.05, 4.69) is 59.7 Å². The second-order valence-corrected chi connectivity index (χ2v) is 6.49. The highest BCUT2D eigenvalue weighted by atomic mass is 16.5. The molecule has 0 aliphatic carbocycles. The minimum atomic E-state index is -0.200. The van der Waals surface area contributed by atoms with Crippen LogP contribution >= 0.6 is 0 Å². The van der Waals surface area contributed by atoms with Gasteiger partial charge in [-0.15, -0.1) is 0 Å². The van der Waals surface area contributed by atoms with Gasteiger partial charge in [0.05, 0.1) is 13.2 Å². The van der Waals surface area contributed by atoms with Gasteiger partial charge in [0.25, 0.3) is 0 Å². The Labute approximate surface area is 149 Å². The molecular formula is C21H26N2O2. The van der Waals surface area contributed by atoms with E-state index in [1.807, 2.05) is 6.92 Å². The Morgan fingerprint density at radius 3 is 2.72 bits per heavy atom. The molecule has 1 N–H and O–H groups in total. The maximum absolute atomic E-state index is 11.5. The molecule has 1 aliphatic heterocycles. The minimum absolute atomic E-state index is 0.200. The van der Waals surface area contributed by atoms with E-state index >= 15 is 0 Å². The number of benzene rings is 2. The predicted octanol–water partition coefficient (Wildman–Crippen LogP) is 2.99. The third-order valence-electron chi connectivity index (χ3n) is 4.67. The number of fused-ring (bicyclic) bond motifs is 1. The molecule has 0 aromatic heterocycles. The van der Waals surface area contributed by atoms with Crippen molar-refractivity contribution in [3.05, 3.63) is 59.2 Å². The van der Waals surface area contributed by atoms with Crippen molar-refractivity contribution in [1.29, 1.82) is 0 Å².